The zero-order valence-electron chi connectivity index (χ0n) is 11.2. The Labute approximate surface area is 135 Å². The second-order valence-corrected chi connectivity index (χ2v) is 6.99. The summed E-state index contributed by atoms with van der Waals surface area (Å²) in [6.45, 7) is -0.493. The largest absolute Gasteiger partial charge is 0.322 e. The van der Waals surface area contributed by atoms with Crippen molar-refractivity contribution in [3.05, 3.63) is 58.8 Å². The number of benzene rings is 2. The zero-order valence-corrected chi connectivity index (χ0v) is 13.6. The van der Waals surface area contributed by atoms with Crippen LogP contribution in [-0.4, -0.2) is 20.9 Å². The average molecular weight is 387 g/mol. The summed E-state index contributed by atoms with van der Waals surface area (Å²) in [5, 5.41) is 2.30. The Kier molecular flexibility index (Phi) is 5.28. The standard InChI is InChI=1S/C14H12BrFN2O3S/c15-10-6-7-13(12(16)8-10)18-14(19)9-17-22(20,21)11-4-2-1-3-5-11/h1-8,17H,9H2,(H,18,19). The summed E-state index contributed by atoms with van der Waals surface area (Å²) < 4.78 is 40.1. The molecular formula is C14H12BrFN2O3S. The van der Waals surface area contributed by atoms with Gasteiger partial charge in [0.15, 0.2) is 0 Å². The molecule has 8 heteroatoms. The molecule has 2 aromatic rings. The van der Waals surface area contributed by atoms with E-state index < -0.39 is 28.3 Å². The van der Waals surface area contributed by atoms with Gasteiger partial charge in [-0.1, -0.05) is 34.1 Å². The van der Waals surface area contributed by atoms with Gasteiger partial charge in [-0.05, 0) is 30.3 Å². The quantitative estimate of drug-likeness (QED) is 0.828. The van der Waals surface area contributed by atoms with Crippen molar-refractivity contribution in [2.45, 2.75) is 4.90 Å². The van der Waals surface area contributed by atoms with E-state index >= 15 is 0 Å². The highest BCUT2D eigenvalue weighted by molar-refractivity contribution is 9.10. The first kappa shape index (κ1) is 16.6. The Morgan fingerprint density at radius 2 is 1.82 bits per heavy atom. The van der Waals surface area contributed by atoms with Gasteiger partial charge in [-0.15, -0.1) is 0 Å². The fourth-order valence-electron chi connectivity index (χ4n) is 1.63. The second-order valence-electron chi connectivity index (χ2n) is 4.31. The van der Waals surface area contributed by atoms with E-state index in [-0.39, 0.29) is 10.6 Å². The molecular weight excluding hydrogens is 375 g/mol. The molecule has 0 heterocycles. The number of nitrogens with one attached hydrogen (secondary N) is 2. The van der Waals surface area contributed by atoms with Crippen molar-refractivity contribution >= 4 is 37.5 Å². The Balaban J connectivity index is 1.98. The van der Waals surface area contributed by atoms with Gasteiger partial charge in [0.2, 0.25) is 15.9 Å². The van der Waals surface area contributed by atoms with Gasteiger partial charge in [-0.2, -0.15) is 0 Å². The van der Waals surface area contributed by atoms with Crippen LogP contribution in [0.3, 0.4) is 0 Å². The van der Waals surface area contributed by atoms with E-state index in [1.54, 1.807) is 24.3 Å². The second kappa shape index (κ2) is 6.99. The van der Waals surface area contributed by atoms with Crippen molar-refractivity contribution in [2.75, 3.05) is 11.9 Å². The van der Waals surface area contributed by atoms with Crippen LogP contribution < -0.4 is 10.0 Å². The first-order valence-corrected chi connectivity index (χ1v) is 8.46. The third-order valence-corrected chi connectivity index (χ3v) is 4.59. The molecule has 116 valence electrons. The predicted octanol–water partition coefficient (Wildman–Crippen LogP) is 2.51. The molecule has 5 nitrogen and oxygen atoms in total. The summed E-state index contributed by atoms with van der Waals surface area (Å²) in [5.74, 6) is -1.28. The molecule has 0 aliphatic carbocycles. The van der Waals surface area contributed by atoms with Crippen LogP contribution in [0.25, 0.3) is 0 Å². The summed E-state index contributed by atoms with van der Waals surface area (Å²) in [6.07, 6.45) is 0. The highest BCUT2D eigenvalue weighted by Crippen LogP contribution is 2.19. The minimum absolute atomic E-state index is 0.0212. The van der Waals surface area contributed by atoms with Crippen molar-refractivity contribution in [1.82, 2.24) is 4.72 Å². The number of halogens is 2. The maximum atomic E-state index is 13.6. The Hall–Kier alpha value is -1.77. The first-order chi connectivity index (χ1) is 10.4. The molecule has 0 fully saturated rings. The molecule has 0 saturated heterocycles. The maximum absolute atomic E-state index is 13.6. The van der Waals surface area contributed by atoms with Crippen LogP contribution in [0, 0.1) is 5.82 Å². The fraction of sp³-hybridized carbons (Fsp3) is 0.0714. The van der Waals surface area contributed by atoms with Gasteiger partial charge in [0, 0.05) is 4.47 Å². The third kappa shape index (κ3) is 4.36. The van der Waals surface area contributed by atoms with E-state index in [9.17, 15) is 17.6 Å². The van der Waals surface area contributed by atoms with E-state index in [0.29, 0.717) is 4.47 Å². The molecule has 0 aliphatic heterocycles. The maximum Gasteiger partial charge on any atom is 0.241 e. The summed E-state index contributed by atoms with van der Waals surface area (Å²) in [6, 6.07) is 11.8. The third-order valence-electron chi connectivity index (χ3n) is 2.68. The van der Waals surface area contributed by atoms with E-state index in [1.165, 1.54) is 24.3 Å². The molecule has 2 rings (SSSR count). The van der Waals surface area contributed by atoms with Gasteiger partial charge in [-0.3, -0.25) is 4.79 Å². The first-order valence-electron chi connectivity index (χ1n) is 6.18. The van der Waals surface area contributed by atoms with Gasteiger partial charge in [0.1, 0.15) is 5.82 Å². The monoisotopic (exact) mass is 386 g/mol. The molecule has 0 atom stereocenters. The van der Waals surface area contributed by atoms with Crippen LogP contribution in [0.2, 0.25) is 0 Å². The number of amides is 1. The smallest absolute Gasteiger partial charge is 0.241 e. The molecule has 1 amide bonds. The van der Waals surface area contributed by atoms with Gasteiger partial charge in [0.25, 0.3) is 0 Å². The van der Waals surface area contributed by atoms with Crippen molar-refractivity contribution in [2.24, 2.45) is 0 Å². The van der Waals surface area contributed by atoms with E-state index in [4.69, 9.17) is 0 Å². The van der Waals surface area contributed by atoms with Crippen LogP contribution in [0.15, 0.2) is 57.9 Å². The van der Waals surface area contributed by atoms with Crippen LogP contribution in [0.5, 0.6) is 0 Å². The van der Waals surface area contributed by atoms with E-state index in [0.717, 1.165) is 0 Å². The van der Waals surface area contributed by atoms with Crippen LogP contribution in [-0.2, 0) is 14.8 Å². The van der Waals surface area contributed by atoms with Gasteiger partial charge < -0.3 is 5.32 Å². The van der Waals surface area contributed by atoms with Crippen molar-refractivity contribution in [3.8, 4) is 0 Å². The molecule has 0 spiro atoms. The summed E-state index contributed by atoms with van der Waals surface area (Å²) in [5.41, 5.74) is -0.0212. The minimum Gasteiger partial charge on any atom is -0.322 e. The SMILES string of the molecule is O=C(CNS(=O)(=O)c1ccccc1)Nc1ccc(Br)cc1F. The number of carbonyl (C=O) groups is 1. The number of hydrogen-bond donors (Lipinski definition) is 2. The number of rotatable bonds is 5. The molecule has 0 aromatic heterocycles. The summed E-state index contributed by atoms with van der Waals surface area (Å²) in [7, 11) is -3.78. The lowest BCUT2D eigenvalue weighted by molar-refractivity contribution is -0.115. The number of carbonyl (C=O) groups excluding carboxylic acids is 1. The summed E-state index contributed by atoms with van der Waals surface area (Å²) >= 11 is 3.10. The average Bonchev–Trinajstić information content (AvgIpc) is 2.49. The van der Waals surface area contributed by atoms with Gasteiger partial charge >= 0.3 is 0 Å². The molecule has 2 aromatic carbocycles. The van der Waals surface area contributed by atoms with Crippen molar-refractivity contribution in [3.63, 3.8) is 0 Å². The van der Waals surface area contributed by atoms with Crippen LogP contribution >= 0.6 is 15.9 Å². The van der Waals surface area contributed by atoms with Gasteiger partial charge in [-0.25, -0.2) is 17.5 Å². The molecule has 0 saturated carbocycles. The number of sulfonamides is 1. The highest BCUT2D eigenvalue weighted by atomic mass is 79.9. The molecule has 0 radical (unpaired) electrons. The highest BCUT2D eigenvalue weighted by Gasteiger charge is 2.15. The normalized spacial score (nSPS) is 11.2. The minimum atomic E-state index is -3.78. The lowest BCUT2D eigenvalue weighted by atomic mass is 10.3. The number of hydrogen-bond acceptors (Lipinski definition) is 3. The molecule has 0 bridgehead atoms. The van der Waals surface area contributed by atoms with Crippen LogP contribution in [0.4, 0.5) is 10.1 Å². The van der Waals surface area contributed by atoms with E-state index in [2.05, 4.69) is 26.0 Å². The Morgan fingerprint density at radius 1 is 1.14 bits per heavy atom. The number of anilines is 1. The topological polar surface area (TPSA) is 75.3 Å². The fourth-order valence-corrected chi connectivity index (χ4v) is 2.97. The lowest BCUT2D eigenvalue weighted by Crippen LogP contribution is -2.33. The zero-order chi connectivity index (χ0) is 16.2. The van der Waals surface area contributed by atoms with Crippen molar-refractivity contribution < 1.29 is 17.6 Å². The lowest BCUT2D eigenvalue weighted by Gasteiger charge is -2.08. The Bertz CT molecular complexity index is 782. The Morgan fingerprint density at radius 3 is 2.45 bits per heavy atom. The summed E-state index contributed by atoms with van der Waals surface area (Å²) in [4.78, 5) is 11.8. The van der Waals surface area contributed by atoms with Crippen LogP contribution in [0.1, 0.15) is 0 Å². The van der Waals surface area contributed by atoms with E-state index in [1.807, 2.05) is 0 Å². The van der Waals surface area contributed by atoms with Gasteiger partial charge in [0.05, 0.1) is 17.1 Å². The molecule has 22 heavy (non-hydrogen) atoms. The predicted molar refractivity (Wildman–Crippen MR) is 84.4 cm³/mol. The van der Waals surface area contributed by atoms with Crippen molar-refractivity contribution in [1.29, 1.82) is 0 Å². The molecule has 0 unspecified atom stereocenters. The molecule has 0 aliphatic rings. The molecule has 2 N–H and O–H groups in total.